The lowest BCUT2D eigenvalue weighted by Crippen LogP contribution is -2.51. The number of halogens is 4. The van der Waals surface area contributed by atoms with Crippen molar-refractivity contribution in [3.8, 4) is 12.3 Å². The summed E-state index contributed by atoms with van der Waals surface area (Å²) < 4.78 is 40.2. The minimum absolute atomic E-state index is 0.147. The van der Waals surface area contributed by atoms with Crippen LogP contribution in [0, 0.1) is 18.3 Å². The van der Waals surface area contributed by atoms with E-state index in [-0.39, 0.29) is 22.5 Å². The first kappa shape index (κ1) is 20.8. The SMILES string of the molecule is C#CC1CN(Cc2cnn(C3(C(=O)Nc4ccc(C(F)(F)F)cc4Cl)CCC3)c2)C1. The molecule has 0 bridgehead atoms. The van der Waals surface area contributed by atoms with E-state index in [0.29, 0.717) is 19.4 Å². The molecule has 1 aliphatic carbocycles. The molecule has 1 aliphatic heterocycles. The molecule has 2 aliphatic rings. The highest BCUT2D eigenvalue weighted by molar-refractivity contribution is 6.33. The maximum absolute atomic E-state index is 13.0. The maximum Gasteiger partial charge on any atom is 0.416 e. The number of carbonyl (C=O) groups is 1. The molecule has 1 saturated heterocycles. The molecule has 0 spiro atoms. The number of nitrogens with zero attached hydrogens (tertiary/aromatic N) is 3. The summed E-state index contributed by atoms with van der Waals surface area (Å²) >= 11 is 5.99. The van der Waals surface area contributed by atoms with Crippen molar-refractivity contribution in [3.63, 3.8) is 0 Å². The molecular formula is C21H20ClF3N4O. The summed E-state index contributed by atoms with van der Waals surface area (Å²) in [6.07, 6.45) is 6.57. The van der Waals surface area contributed by atoms with Crippen LogP contribution in [-0.2, 0) is 23.1 Å². The fourth-order valence-electron chi connectivity index (χ4n) is 3.84. The molecule has 158 valence electrons. The second-order valence-corrected chi connectivity index (χ2v) is 8.29. The van der Waals surface area contributed by atoms with Crippen molar-refractivity contribution in [3.05, 3.63) is 46.7 Å². The third-order valence-electron chi connectivity index (χ3n) is 5.82. The predicted molar refractivity (Wildman–Crippen MR) is 107 cm³/mol. The van der Waals surface area contributed by atoms with Crippen LogP contribution in [0.15, 0.2) is 30.6 Å². The number of anilines is 1. The van der Waals surface area contributed by atoms with Gasteiger partial charge in [-0.3, -0.25) is 14.4 Å². The van der Waals surface area contributed by atoms with Crippen LogP contribution in [0.1, 0.15) is 30.4 Å². The highest BCUT2D eigenvalue weighted by atomic mass is 35.5. The highest BCUT2D eigenvalue weighted by Crippen LogP contribution is 2.41. The van der Waals surface area contributed by atoms with Crippen LogP contribution in [-0.4, -0.2) is 33.7 Å². The van der Waals surface area contributed by atoms with Crippen LogP contribution >= 0.6 is 11.6 Å². The Labute approximate surface area is 177 Å². The third-order valence-corrected chi connectivity index (χ3v) is 6.13. The third kappa shape index (κ3) is 3.80. The van der Waals surface area contributed by atoms with Gasteiger partial charge < -0.3 is 5.32 Å². The second kappa shape index (κ2) is 7.64. The first-order valence-corrected chi connectivity index (χ1v) is 10.00. The molecule has 1 aromatic heterocycles. The molecule has 2 heterocycles. The topological polar surface area (TPSA) is 50.2 Å². The minimum atomic E-state index is -4.50. The maximum atomic E-state index is 13.0. The van der Waals surface area contributed by atoms with E-state index in [1.807, 2.05) is 6.20 Å². The van der Waals surface area contributed by atoms with Gasteiger partial charge in [-0.25, -0.2) is 0 Å². The van der Waals surface area contributed by atoms with Gasteiger partial charge in [0.15, 0.2) is 0 Å². The molecule has 1 saturated carbocycles. The van der Waals surface area contributed by atoms with E-state index in [1.54, 1.807) is 10.9 Å². The number of terminal acetylenes is 1. The molecule has 0 radical (unpaired) electrons. The van der Waals surface area contributed by atoms with Gasteiger partial charge >= 0.3 is 6.18 Å². The van der Waals surface area contributed by atoms with Crippen molar-refractivity contribution in [1.29, 1.82) is 0 Å². The highest BCUT2D eigenvalue weighted by Gasteiger charge is 2.47. The van der Waals surface area contributed by atoms with Gasteiger partial charge in [0.25, 0.3) is 5.91 Å². The molecular weight excluding hydrogens is 417 g/mol. The molecule has 0 unspecified atom stereocenters. The Morgan fingerprint density at radius 1 is 1.37 bits per heavy atom. The predicted octanol–water partition coefficient (Wildman–Crippen LogP) is 4.14. The van der Waals surface area contributed by atoms with Crippen LogP contribution in [0.25, 0.3) is 0 Å². The molecule has 4 rings (SSSR count). The monoisotopic (exact) mass is 436 g/mol. The van der Waals surface area contributed by atoms with E-state index in [9.17, 15) is 18.0 Å². The van der Waals surface area contributed by atoms with Gasteiger partial charge in [-0.1, -0.05) is 11.6 Å². The zero-order chi connectivity index (χ0) is 21.5. The summed E-state index contributed by atoms with van der Waals surface area (Å²) in [7, 11) is 0. The van der Waals surface area contributed by atoms with Crippen molar-refractivity contribution < 1.29 is 18.0 Å². The number of carbonyl (C=O) groups excluding carboxylic acids is 1. The van der Waals surface area contributed by atoms with Gasteiger partial charge in [0.05, 0.1) is 22.5 Å². The van der Waals surface area contributed by atoms with E-state index in [2.05, 4.69) is 21.2 Å². The van der Waals surface area contributed by atoms with Crippen molar-refractivity contribution in [1.82, 2.24) is 14.7 Å². The zero-order valence-corrected chi connectivity index (χ0v) is 16.8. The lowest BCUT2D eigenvalue weighted by molar-refractivity contribution is -0.137. The number of hydrogen-bond acceptors (Lipinski definition) is 3. The molecule has 1 aromatic carbocycles. The van der Waals surface area contributed by atoms with Crippen LogP contribution < -0.4 is 5.32 Å². The van der Waals surface area contributed by atoms with E-state index in [1.165, 1.54) is 6.07 Å². The second-order valence-electron chi connectivity index (χ2n) is 7.88. The fraction of sp³-hybridized carbons (Fsp3) is 0.429. The molecule has 1 N–H and O–H groups in total. The zero-order valence-electron chi connectivity index (χ0n) is 16.0. The average molecular weight is 437 g/mol. The number of nitrogens with one attached hydrogen (secondary N) is 1. The van der Waals surface area contributed by atoms with Crippen LogP contribution in [0.4, 0.5) is 18.9 Å². The standard InChI is InChI=1S/C21H20ClF3N4O/c1-2-14-10-28(11-14)12-15-9-26-29(13-15)20(6-3-7-20)19(30)27-18-5-4-16(8-17(18)22)21(23,24)25/h1,4-5,8-9,13-14H,3,6-7,10-12H2,(H,27,30). The first-order valence-electron chi connectivity index (χ1n) is 9.62. The van der Waals surface area contributed by atoms with Gasteiger partial charge in [-0.15, -0.1) is 12.3 Å². The number of likely N-dealkylation sites (tertiary alicyclic amines) is 1. The number of amides is 1. The fourth-order valence-corrected chi connectivity index (χ4v) is 4.07. The number of alkyl halides is 3. The lowest BCUT2D eigenvalue weighted by atomic mass is 9.76. The summed E-state index contributed by atoms with van der Waals surface area (Å²) in [5.41, 5.74) is -0.592. The van der Waals surface area contributed by atoms with Crippen LogP contribution in [0.5, 0.6) is 0 Å². The Kier molecular flexibility index (Phi) is 5.28. The van der Waals surface area contributed by atoms with E-state index in [0.717, 1.165) is 37.2 Å². The number of rotatable bonds is 5. The summed E-state index contributed by atoms with van der Waals surface area (Å²) in [5, 5.41) is 6.93. The van der Waals surface area contributed by atoms with Gasteiger partial charge in [0, 0.05) is 37.3 Å². The number of benzene rings is 1. The van der Waals surface area contributed by atoms with E-state index >= 15 is 0 Å². The van der Waals surface area contributed by atoms with E-state index < -0.39 is 17.3 Å². The normalized spacial score (nSPS) is 18.9. The number of hydrogen-bond donors (Lipinski definition) is 1. The molecule has 2 fully saturated rings. The Morgan fingerprint density at radius 3 is 2.67 bits per heavy atom. The van der Waals surface area contributed by atoms with Crippen molar-refractivity contribution in [2.75, 3.05) is 18.4 Å². The summed E-state index contributed by atoms with van der Waals surface area (Å²) in [6.45, 7) is 2.40. The smallest absolute Gasteiger partial charge is 0.323 e. The van der Waals surface area contributed by atoms with Gasteiger partial charge in [0.1, 0.15) is 5.54 Å². The number of aromatic nitrogens is 2. The summed E-state index contributed by atoms with van der Waals surface area (Å²) in [5.74, 6) is 2.69. The average Bonchev–Trinajstić information content (AvgIpc) is 3.06. The van der Waals surface area contributed by atoms with E-state index in [4.69, 9.17) is 18.0 Å². The molecule has 1 amide bonds. The summed E-state index contributed by atoms with van der Waals surface area (Å²) in [4.78, 5) is 15.3. The molecule has 0 atom stereocenters. The van der Waals surface area contributed by atoms with Gasteiger partial charge in [0.2, 0.25) is 0 Å². The molecule has 2 aromatic rings. The molecule has 9 heteroatoms. The lowest BCUT2D eigenvalue weighted by Gasteiger charge is -2.40. The van der Waals surface area contributed by atoms with Crippen molar-refractivity contribution in [2.24, 2.45) is 5.92 Å². The quantitative estimate of drug-likeness (QED) is 0.717. The Hall–Kier alpha value is -2.50. The largest absolute Gasteiger partial charge is 0.416 e. The van der Waals surface area contributed by atoms with Crippen LogP contribution in [0.3, 0.4) is 0 Å². The van der Waals surface area contributed by atoms with Crippen molar-refractivity contribution >= 4 is 23.2 Å². The van der Waals surface area contributed by atoms with Gasteiger partial charge in [-0.2, -0.15) is 18.3 Å². The Bertz CT molecular complexity index is 1000. The molecule has 5 nitrogen and oxygen atoms in total. The van der Waals surface area contributed by atoms with Crippen LogP contribution in [0.2, 0.25) is 5.02 Å². The first-order chi connectivity index (χ1) is 14.2. The Morgan fingerprint density at radius 2 is 2.10 bits per heavy atom. The van der Waals surface area contributed by atoms with Crippen molar-refractivity contribution in [2.45, 2.75) is 37.5 Å². The minimum Gasteiger partial charge on any atom is -0.323 e. The molecule has 30 heavy (non-hydrogen) atoms. The Balaban J connectivity index is 1.47. The summed E-state index contributed by atoms with van der Waals surface area (Å²) in [6, 6.07) is 2.89. The van der Waals surface area contributed by atoms with Gasteiger partial charge in [-0.05, 0) is 37.5 Å².